The van der Waals surface area contributed by atoms with Crippen LogP contribution >= 0.6 is 27.5 Å². The lowest BCUT2D eigenvalue weighted by Gasteiger charge is -2.17. The molecule has 1 aliphatic rings. The number of amides is 2. The van der Waals surface area contributed by atoms with Gasteiger partial charge in [-0.2, -0.15) is 0 Å². The summed E-state index contributed by atoms with van der Waals surface area (Å²) in [4.78, 5) is 24.3. The van der Waals surface area contributed by atoms with Gasteiger partial charge in [0.15, 0.2) is 0 Å². The molecule has 0 spiro atoms. The number of benzene rings is 1. The third-order valence-electron chi connectivity index (χ3n) is 2.94. The second-order valence-electron chi connectivity index (χ2n) is 4.36. The first-order chi connectivity index (χ1) is 8.95. The number of carbonyl (C=O) groups excluding carboxylic acids is 1. The van der Waals surface area contributed by atoms with Crippen LogP contribution in [-0.4, -0.2) is 35.1 Å². The minimum Gasteiger partial charge on any atom is -0.481 e. The van der Waals surface area contributed by atoms with Gasteiger partial charge in [0.05, 0.1) is 5.92 Å². The van der Waals surface area contributed by atoms with Crippen LogP contribution in [0.2, 0.25) is 5.02 Å². The van der Waals surface area contributed by atoms with E-state index in [2.05, 4.69) is 21.2 Å². The van der Waals surface area contributed by atoms with Crippen molar-refractivity contribution in [3.8, 4) is 0 Å². The van der Waals surface area contributed by atoms with Crippen LogP contribution < -0.4 is 5.32 Å². The lowest BCUT2D eigenvalue weighted by Crippen LogP contribution is -2.33. The van der Waals surface area contributed by atoms with Crippen molar-refractivity contribution in [3.05, 3.63) is 27.7 Å². The van der Waals surface area contributed by atoms with Crippen molar-refractivity contribution in [1.82, 2.24) is 4.90 Å². The van der Waals surface area contributed by atoms with Crippen LogP contribution in [0.1, 0.15) is 6.42 Å². The van der Waals surface area contributed by atoms with E-state index in [1.807, 2.05) is 0 Å². The molecule has 0 radical (unpaired) electrons. The van der Waals surface area contributed by atoms with Gasteiger partial charge in [0.2, 0.25) is 0 Å². The average Bonchev–Trinajstić information content (AvgIpc) is 2.76. The molecule has 1 aromatic carbocycles. The number of anilines is 1. The fourth-order valence-electron chi connectivity index (χ4n) is 1.97. The van der Waals surface area contributed by atoms with Crippen molar-refractivity contribution in [2.24, 2.45) is 5.92 Å². The molecule has 2 rings (SSSR count). The summed E-state index contributed by atoms with van der Waals surface area (Å²) in [6, 6.07) is 4.77. The number of likely N-dealkylation sites (tertiary alicyclic amines) is 1. The van der Waals surface area contributed by atoms with E-state index in [9.17, 15) is 9.59 Å². The number of carboxylic acids is 1. The molecule has 19 heavy (non-hydrogen) atoms. The topological polar surface area (TPSA) is 69.6 Å². The first kappa shape index (κ1) is 14.1. The van der Waals surface area contributed by atoms with Gasteiger partial charge in [0.1, 0.15) is 0 Å². The summed E-state index contributed by atoms with van der Waals surface area (Å²) in [5, 5.41) is 12.1. The zero-order valence-electron chi connectivity index (χ0n) is 9.90. The molecule has 7 heteroatoms. The monoisotopic (exact) mass is 346 g/mol. The lowest BCUT2D eigenvalue weighted by molar-refractivity contribution is -0.141. The quantitative estimate of drug-likeness (QED) is 0.864. The highest BCUT2D eigenvalue weighted by molar-refractivity contribution is 9.10. The summed E-state index contributed by atoms with van der Waals surface area (Å²) >= 11 is 9.17. The molecule has 1 aromatic rings. The number of carboxylic acid groups (broad SMARTS) is 1. The summed E-state index contributed by atoms with van der Waals surface area (Å²) in [6.07, 6.45) is 0.488. The van der Waals surface area contributed by atoms with Crippen molar-refractivity contribution in [1.29, 1.82) is 0 Å². The molecule has 2 N–H and O–H groups in total. The maximum absolute atomic E-state index is 12.0. The van der Waals surface area contributed by atoms with Crippen LogP contribution in [0, 0.1) is 5.92 Å². The van der Waals surface area contributed by atoms with Gasteiger partial charge in [-0.25, -0.2) is 4.79 Å². The molecule has 0 aliphatic carbocycles. The number of carbonyl (C=O) groups is 2. The Bertz CT molecular complexity index is 503. The lowest BCUT2D eigenvalue weighted by atomic mass is 10.1. The third kappa shape index (κ3) is 3.61. The van der Waals surface area contributed by atoms with Crippen LogP contribution in [0.4, 0.5) is 10.5 Å². The van der Waals surface area contributed by atoms with Gasteiger partial charge in [-0.05, 0) is 24.6 Å². The number of halogens is 2. The van der Waals surface area contributed by atoms with Crippen molar-refractivity contribution in [3.63, 3.8) is 0 Å². The first-order valence-electron chi connectivity index (χ1n) is 5.70. The van der Waals surface area contributed by atoms with E-state index in [4.69, 9.17) is 16.7 Å². The number of aliphatic carboxylic acids is 1. The molecule has 2 amide bonds. The first-order valence-corrected chi connectivity index (χ1v) is 6.87. The molecule has 0 bridgehead atoms. The number of hydrogen-bond acceptors (Lipinski definition) is 2. The maximum Gasteiger partial charge on any atom is 0.321 e. The Morgan fingerprint density at radius 2 is 2.16 bits per heavy atom. The smallest absolute Gasteiger partial charge is 0.321 e. The average molecular weight is 348 g/mol. The highest BCUT2D eigenvalue weighted by Crippen LogP contribution is 2.24. The summed E-state index contributed by atoms with van der Waals surface area (Å²) in [7, 11) is 0. The predicted molar refractivity (Wildman–Crippen MR) is 75.5 cm³/mol. The predicted octanol–water partition coefficient (Wildman–Crippen LogP) is 3.04. The minimum absolute atomic E-state index is 0.239. The highest BCUT2D eigenvalue weighted by atomic mass is 79.9. The van der Waals surface area contributed by atoms with E-state index in [-0.39, 0.29) is 12.6 Å². The van der Waals surface area contributed by atoms with E-state index in [1.165, 1.54) is 4.90 Å². The molecule has 1 fully saturated rings. The molecule has 102 valence electrons. The van der Waals surface area contributed by atoms with Gasteiger partial charge in [0.25, 0.3) is 0 Å². The maximum atomic E-state index is 12.0. The number of urea groups is 1. The fourth-order valence-corrected chi connectivity index (χ4v) is 2.83. The molecule has 1 unspecified atom stereocenters. The van der Waals surface area contributed by atoms with Gasteiger partial charge >= 0.3 is 12.0 Å². The van der Waals surface area contributed by atoms with Gasteiger partial charge in [-0.3, -0.25) is 4.79 Å². The third-order valence-corrected chi connectivity index (χ3v) is 3.61. The van der Waals surface area contributed by atoms with Crippen LogP contribution in [-0.2, 0) is 4.79 Å². The Balaban J connectivity index is 2.00. The Morgan fingerprint density at radius 3 is 2.74 bits per heavy atom. The molecule has 1 atom stereocenters. The van der Waals surface area contributed by atoms with Crippen molar-refractivity contribution in [2.45, 2.75) is 6.42 Å². The molecule has 1 heterocycles. The van der Waals surface area contributed by atoms with Crippen molar-refractivity contribution in [2.75, 3.05) is 18.4 Å². The zero-order valence-corrected chi connectivity index (χ0v) is 12.2. The van der Waals surface area contributed by atoms with Gasteiger partial charge in [0, 0.05) is 28.3 Å². The summed E-state index contributed by atoms with van der Waals surface area (Å²) in [6.45, 7) is 0.688. The van der Waals surface area contributed by atoms with Crippen LogP contribution in [0.25, 0.3) is 0 Å². The van der Waals surface area contributed by atoms with E-state index >= 15 is 0 Å². The number of nitrogens with one attached hydrogen (secondary N) is 1. The van der Waals surface area contributed by atoms with Crippen molar-refractivity contribution < 1.29 is 14.7 Å². The summed E-state index contributed by atoms with van der Waals surface area (Å²) in [5.41, 5.74) is 0.572. The molecular formula is C12H12BrClN2O3. The van der Waals surface area contributed by atoms with Gasteiger partial charge in [-0.1, -0.05) is 27.5 Å². The minimum atomic E-state index is -0.860. The van der Waals surface area contributed by atoms with Gasteiger partial charge in [-0.15, -0.1) is 0 Å². The summed E-state index contributed by atoms with van der Waals surface area (Å²) < 4.78 is 0.764. The number of rotatable bonds is 2. The molecule has 0 saturated carbocycles. The van der Waals surface area contributed by atoms with Crippen LogP contribution in [0.5, 0.6) is 0 Å². The Labute approximate surface area is 123 Å². The molecule has 1 saturated heterocycles. The van der Waals surface area contributed by atoms with Crippen LogP contribution in [0.15, 0.2) is 22.7 Å². The second-order valence-corrected chi connectivity index (χ2v) is 5.71. The van der Waals surface area contributed by atoms with E-state index in [0.717, 1.165) is 4.47 Å². The second kappa shape index (κ2) is 5.79. The Hall–Kier alpha value is -1.27. The highest BCUT2D eigenvalue weighted by Gasteiger charge is 2.30. The Morgan fingerprint density at radius 1 is 1.42 bits per heavy atom. The molecule has 0 aromatic heterocycles. The molecule has 1 aliphatic heterocycles. The normalized spacial score (nSPS) is 18.4. The van der Waals surface area contributed by atoms with E-state index in [0.29, 0.717) is 23.7 Å². The van der Waals surface area contributed by atoms with Crippen LogP contribution in [0.3, 0.4) is 0 Å². The largest absolute Gasteiger partial charge is 0.481 e. The summed E-state index contributed by atoms with van der Waals surface area (Å²) in [5.74, 6) is -1.34. The molecular weight excluding hydrogens is 336 g/mol. The van der Waals surface area contributed by atoms with Crippen molar-refractivity contribution >= 4 is 45.2 Å². The van der Waals surface area contributed by atoms with Gasteiger partial charge < -0.3 is 15.3 Å². The number of hydrogen-bond donors (Lipinski definition) is 2. The molecule has 5 nitrogen and oxygen atoms in total. The standard InChI is InChI=1S/C12H12BrClN2O3/c13-8-3-9(14)5-10(4-8)15-12(19)16-2-1-7(6-16)11(17)18/h3-5,7H,1-2,6H2,(H,15,19)(H,17,18). The SMILES string of the molecule is O=C(O)C1CCN(C(=O)Nc2cc(Cl)cc(Br)c2)C1. The van der Waals surface area contributed by atoms with E-state index in [1.54, 1.807) is 18.2 Å². The zero-order chi connectivity index (χ0) is 14.0. The Kier molecular flexibility index (Phi) is 4.31. The number of nitrogens with zero attached hydrogens (tertiary/aromatic N) is 1. The van der Waals surface area contributed by atoms with E-state index < -0.39 is 11.9 Å². The fraction of sp³-hybridized carbons (Fsp3) is 0.333.